The lowest BCUT2D eigenvalue weighted by Crippen LogP contribution is -2.09. The molecule has 19 heavy (non-hydrogen) atoms. The summed E-state index contributed by atoms with van der Waals surface area (Å²) in [6.07, 6.45) is 7.80. The number of H-pyrrole nitrogens is 1. The smallest absolute Gasteiger partial charge is 0.336 e. The minimum atomic E-state index is -0.285. The van der Waals surface area contributed by atoms with Gasteiger partial charge in [-0.2, -0.15) is 0 Å². The van der Waals surface area contributed by atoms with Gasteiger partial charge in [-0.3, -0.25) is 0 Å². The van der Waals surface area contributed by atoms with Gasteiger partial charge in [0.1, 0.15) is 11.6 Å². The summed E-state index contributed by atoms with van der Waals surface area (Å²) in [5, 5.41) is 0. The van der Waals surface area contributed by atoms with Crippen LogP contribution in [-0.2, 0) is 0 Å². The third-order valence-corrected chi connectivity index (χ3v) is 3.78. The molecule has 1 fully saturated rings. The Bertz CT molecular complexity index is 621. The summed E-state index contributed by atoms with van der Waals surface area (Å²) in [4.78, 5) is 19.2. The van der Waals surface area contributed by atoms with E-state index < -0.39 is 0 Å². The molecule has 4 heteroatoms. The molecule has 1 saturated carbocycles. The summed E-state index contributed by atoms with van der Waals surface area (Å²) in [6.45, 7) is 1.92. The maximum absolute atomic E-state index is 11.7. The maximum atomic E-state index is 11.7. The van der Waals surface area contributed by atoms with Crippen molar-refractivity contribution in [1.29, 1.82) is 0 Å². The maximum Gasteiger partial charge on any atom is 0.336 e. The van der Waals surface area contributed by atoms with Gasteiger partial charge in [0.2, 0.25) is 0 Å². The lowest BCUT2D eigenvalue weighted by Gasteiger charge is -2.20. The molecule has 4 nitrogen and oxygen atoms in total. The molecule has 0 spiro atoms. The number of aryl methyl sites for hydroxylation is 1. The first-order valence-electron chi connectivity index (χ1n) is 6.90. The van der Waals surface area contributed by atoms with Crippen LogP contribution in [0, 0.1) is 6.92 Å². The monoisotopic (exact) mass is 258 g/mol. The molecule has 0 aliphatic heterocycles. The highest BCUT2D eigenvalue weighted by molar-refractivity contribution is 5.54. The molecule has 2 aromatic heterocycles. The summed E-state index contributed by atoms with van der Waals surface area (Å²) in [6, 6.07) is 3.47. The quantitative estimate of drug-likeness (QED) is 0.898. The molecular formula is C15H18N2O2. The standard InChI is InChI=1S/C15H18N2O2/c1-10-9-16-15(17-10)12-7-13(19-14(18)8-12)11-5-3-2-4-6-11/h7-9,11H,2-6H2,1H3,(H,16,17). The predicted octanol–water partition coefficient (Wildman–Crippen LogP) is 3.39. The number of hydrogen-bond acceptors (Lipinski definition) is 3. The molecule has 1 aliphatic carbocycles. The number of aromatic nitrogens is 2. The van der Waals surface area contributed by atoms with Crippen LogP contribution in [0.5, 0.6) is 0 Å². The molecule has 0 saturated heterocycles. The molecule has 1 aliphatic rings. The van der Waals surface area contributed by atoms with Crippen LogP contribution in [-0.4, -0.2) is 9.97 Å². The second-order valence-electron chi connectivity index (χ2n) is 5.29. The highest BCUT2D eigenvalue weighted by atomic mass is 16.4. The van der Waals surface area contributed by atoms with E-state index in [0.29, 0.717) is 5.92 Å². The summed E-state index contributed by atoms with van der Waals surface area (Å²) in [5.74, 6) is 1.94. The van der Waals surface area contributed by atoms with Gasteiger partial charge in [0.25, 0.3) is 0 Å². The lowest BCUT2D eigenvalue weighted by atomic mass is 9.87. The van der Waals surface area contributed by atoms with Gasteiger partial charge in [-0.15, -0.1) is 0 Å². The fraction of sp³-hybridized carbons (Fsp3) is 0.467. The average molecular weight is 258 g/mol. The molecular weight excluding hydrogens is 240 g/mol. The zero-order valence-corrected chi connectivity index (χ0v) is 11.1. The van der Waals surface area contributed by atoms with E-state index in [4.69, 9.17) is 4.42 Å². The zero-order chi connectivity index (χ0) is 13.2. The number of rotatable bonds is 2. The summed E-state index contributed by atoms with van der Waals surface area (Å²) in [5.41, 5.74) is 1.46. The molecule has 0 radical (unpaired) electrons. The van der Waals surface area contributed by atoms with Gasteiger partial charge in [0, 0.05) is 23.7 Å². The first-order valence-corrected chi connectivity index (χ1v) is 6.90. The van der Waals surface area contributed by atoms with Gasteiger partial charge < -0.3 is 9.40 Å². The van der Waals surface area contributed by atoms with Gasteiger partial charge in [-0.25, -0.2) is 9.78 Å². The van der Waals surface area contributed by atoms with Crippen LogP contribution in [0.1, 0.15) is 49.5 Å². The molecule has 0 aromatic carbocycles. The molecule has 2 aromatic rings. The fourth-order valence-electron chi connectivity index (χ4n) is 2.78. The van der Waals surface area contributed by atoms with Crippen molar-refractivity contribution in [2.45, 2.75) is 44.9 Å². The van der Waals surface area contributed by atoms with Gasteiger partial charge in [0.15, 0.2) is 0 Å². The molecule has 0 unspecified atom stereocenters. The number of aromatic amines is 1. The minimum absolute atomic E-state index is 0.285. The minimum Gasteiger partial charge on any atom is -0.428 e. The lowest BCUT2D eigenvalue weighted by molar-refractivity contribution is 0.355. The predicted molar refractivity (Wildman–Crippen MR) is 73.1 cm³/mol. The van der Waals surface area contributed by atoms with E-state index in [1.807, 2.05) is 19.2 Å². The Hall–Kier alpha value is -1.84. The number of nitrogens with one attached hydrogen (secondary N) is 1. The van der Waals surface area contributed by atoms with Gasteiger partial charge in [-0.1, -0.05) is 19.3 Å². The Labute approximate surface area is 111 Å². The van der Waals surface area contributed by atoms with Crippen molar-refractivity contribution >= 4 is 0 Å². The second kappa shape index (κ2) is 5.03. The molecule has 1 N–H and O–H groups in total. The first-order chi connectivity index (χ1) is 9.22. The van der Waals surface area contributed by atoms with E-state index in [1.54, 1.807) is 0 Å². The van der Waals surface area contributed by atoms with Crippen LogP contribution in [0.4, 0.5) is 0 Å². The average Bonchev–Trinajstić information content (AvgIpc) is 2.86. The highest BCUT2D eigenvalue weighted by Gasteiger charge is 2.19. The first kappa shape index (κ1) is 12.2. The zero-order valence-electron chi connectivity index (χ0n) is 11.1. The Kier molecular flexibility index (Phi) is 3.23. The molecule has 3 rings (SSSR count). The Morgan fingerprint density at radius 1 is 1.26 bits per heavy atom. The SMILES string of the molecule is Cc1c[nH]c(-c2cc(C3CCCCC3)oc(=O)c2)n1. The topological polar surface area (TPSA) is 58.9 Å². The van der Waals surface area contributed by atoms with Crippen LogP contribution in [0.25, 0.3) is 11.4 Å². The fourth-order valence-corrected chi connectivity index (χ4v) is 2.78. The van der Waals surface area contributed by atoms with E-state index in [2.05, 4.69) is 9.97 Å². The summed E-state index contributed by atoms with van der Waals surface area (Å²) < 4.78 is 5.39. The second-order valence-corrected chi connectivity index (χ2v) is 5.29. The van der Waals surface area contributed by atoms with E-state index in [9.17, 15) is 4.79 Å². The van der Waals surface area contributed by atoms with Crippen molar-refractivity contribution in [2.75, 3.05) is 0 Å². The molecule has 0 amide bonds. The van der Waals surface area contributed by atoms with Crippen molar-refractivity contribution in [3.8, 4) is 11.4 Å². The van der Waals surface area contributed by atoms with Gasteiger partial charge >= 0.3 is 5.63 Å². The van der Waals surface area contributed by atoms with Crippen molar-refractivity contribution in [1.82, 2.24) is 9.97 Å². The normalized spacial score (nSPS) is 16.7. The van der Waals surface area contributed by atoms with Crippen LogP contribution in [0.2, 0.25) is 0 Å². The Balaban J connectivity index is 1.98. The van der Waals surface area contributed by atoms with Crippen LogP contribution in [0.3, 0.4) is 0 Å². The Morgan fingerprint density at radius 2 is 2.05 bits per heavy atom. The van der Waals surface area contributed by atoms with Crippen molar-refractivity contribution in [2.24, 2.45) is 0 Å². The van der Waals surface area contributed by atoms with Crippen LogP contribution < -0.4 is 5.63 Å². The highest BCUT2D eigenvalue weighted by Crippen LogP contribution is 2.33. The largest absolute Gasteiger partial charge is 0.428 e. The van der Waals surface area contributed by atoms with Crippen LogP contribution >= 0.6 is 0 Å². The third kappa shape index (κ3) is 2.62. The number of hydrogen-bond donors (Lipinski definition) is 1. The summed E-state index contributed by atoms with van der Waals surface area (Å²) in [7, 11) is 0. The molecule has 2 heterocycles. The molecule has 0 bridgehead atoms. The number of imidazole rings is 1. The Morgan fingerprint density at radius 3 is 2.74 bits per heavy atom. The third-order valence-electron chi connectivity index (χ3n) is 3.78. The molecule has 100 valence electrons. The van der Waals surface area contributed by atoms with Crippen molar-refractivity contribution in [3.05, 3.63) is 40.2 Å². The van der Waals surface area contributed by atoms with Gasteiger partial charge in [0.05, 0.1) is 5.69 Å². The van der Waals surface area contributed by atoms with E-state index >= 15 is 0 Å². The van der Waals surface area contributed by atoms with Crippen LogP contribution in [0.15, 0.2) is 27.5 Å². The van der Waals surface area contributed by atoms with Crippen molar-refractivity contribution in [3.63, 3.8) is 0 Å². The van der Waals surface area contributed by atoms with E-state index in [0.717, 1.165) is 35.7 Å². The van der Waals surface area contributed by atoms with Crippen molar-refractivity contribution < 1.29 is 4.42 Å². The number of nitrogens with zero attached hydrogens (tertiary/aromatic N) is 1. The summed E-state index contributed by atoms with van der Waals surface area (Å²) >= 11 is 0. The van der Waals surface area contributed by atoms with Gasteiger partial charge in [-0.05, 0) is 25.8 Å². The van der Waals surface area contributed by atoms with E-state index in [-0.39, 0.29) is 5.63 Å². The molecule has 0 atom stereocenters. The van der Waals surface area contributed by atoms with E-state index in [1.165, 1.54) is 25.3 Å².